The molecule has 0 atom stereocenters. The lowest BCUT2D eigenvalue weighted by Gasteiger charge is -2.13. The van der Waals surface area contributed by atoms with Gasteiger partial charge in [-0.2, -0.15) is 0 Å². The van der Waals surface area contributed by atoms with Crippen molar-refractivity contribution in [1.82, 2.24) is 0 Å². The van der Waals surface area contributed by atoms with Gasteiger partial charge in [0.2, 0.25) is 0 Å². The summed E-state index contributed by atoms with van der Waals surface area (Å²) in [7, 11) is 1.28. The zero-order valence-electron chi connectivity index (χ0n) is 9.03. The maximum atomic E-state index is 10.9. The van der Waals surface area contributed by atoms with Crippen molar-refractivity contribution in [2.45, 2.75) is 6.42 Å². The second-order valence-electron chi connectivity index (χ2n) is 3.07. The lowest BCUT2D eigenvalue weighted by atomic mass is 10.3. The van der Waals surface area contributed by atoms with E-state index < -0.39 is 5.97 Å². The Balaban J connectivity index is 2.93. The summed E-state index contributed by atoms with van der Waals surface area (Å²) in [6.07, 6.45) is 0.0427. The molecule has 0 aromatic heterocycles. The minimum Gasteiger partial charge on any atom is -0.490 e. The Kier molecular flexibility index (Phi) is 6.15. The lowest BCUT2D eigenvalue weighted by molar-refractivity contribution is -0.141. The van der Waals surface area contributed by atoms with Crippen LogP contribution < -0.4 is 4.74 Å². The molecule has 3 nitrogen and oxygen atoms in total. The molecule has 1 rings (SSSR count). The zero-order valence-corrected chi connectivity index (χ0v) is 12.8. The predicted octanol–water partition coefficient (Wildman–Crippen LogP) is 4.90. The Morgan fingerprint density at radius 3 is 1.83 bits per heavy atom. The second kappa shape index (κ2) is 6.92. The van der Waals surface area contributed by atoms with E-state index in [1.165, 1.54) is 7.11 Å². The Morgan fingerprint density at radius 1 is 0.944 bits per heavy atom. The first-order chi connectivity index (χ1) is 8.40. The van der Waals surface area contributed by atoms with Crippen LogP contribution in [0.15, 0.2) is 0 Å². The lowest BCUT2D eigenvalue weighted by Crippen LogP contribution is -2.08. The average Bonchev–Trinajstić information content (AvgIpc) is 2.37. The van der Waals surface area contributed by atoms with E-state index in [9.17, 15) is 4.79 Å². The van der Waals surface area contributed by atoms with Crippen molar-refractivity contribution < 1.29 is 14.3 Å². The molecule has 0 aliphatic rings. The molecule has 1 aromatic rings. The fourth-order valence-electron chi connectivity index (χ4n) is 1.05. The van der Waals surface area contributed by atoms with E-state index in [0.717, 1.165) is 0 Å². The van der Waals surface area contributed by atoms with Gasteiger partial charge in [-0.05, 0) is 0 Å². The molecule has 0 N–H and O–H groups in total. The molecular formula is C10H7Cl5O3. The molecule has 0 radical (unpaired) electrons. The largest absolute Gasteiger partial charge is 0.490 e. The maximum absolute atomic E-state index is 10.9. The van der Waals surface area contributed by atoms with Gasteiger partial charge >= 0.3 is 5.97 Å². The van der Waals surface area contributed by atoms with Crippen LogP contribution in [0.2, 0.25) is 25.1 Å². The fourth-order valence-corrected chi connectivity index (χ4v) is 2.28. The molecule has 0 bridgehead atoms. The van der Waals surface area contributed by atoms with Crippen LogP contribution in [0.1, 0.15) is 6.42 Å². The summed E-state index contributed by atoms with van der Waals surface area (Å²) in [5, 5.41) is 0.220. The van der Waals surface area contributed by atoms with E-state index in [1.807, 2.05) is 0 Å². The topological polar surface area (TPSA) is 35.5 Å². The smallest absolute Gasteiger partial charge is 0.308 e. The summed E-state index contributed by atoms with van der Waals surface area (Å²) in [6.45, 7) is 0.0282. The van der Waals surface area contributed by atoms with Crippen molar-refractivity contribution in [1.29, 1.82) is 0 Å². The number of rotatable bonds is 4. The van der Waals surface area contributed by atoms with Gasteiger partial charge in [-0.15, -0.1) is 0 Å². The Hall–Kier alpha value is -0.0600. The number of hydrogen-bond acceptors (Lipinski definition) is 3. The second-order valence-corrected chi connectivity index (χ2v) is 4.96. The van der Waals surface area contributed by atoms with Crippen molar-refractivity contribution in [3.05, 3.63) is 25.1 Å². The molecule has 0 fully saturated rings. The van der Waals surface area contributed by atoms with E-state index in [4.69, 9.17) is 62.7 Å². The minimum absolute atomic E-state index is 0.0282. The molecule has 0 heterocycles. The molecule has 0 unspecified atom stereocenters. The van der Waals surface area contributed by atoms with Crippen molar-refractivity contribution >= 4 is 64.0 Å². The normalized spacial score (nSPS) is 10.3. The molecule has 0 amide bonds. The van der Waals surface area contributed by atoms with Crippen LogP contribution >= 0.6 is 58.0 Å². The highest BCUT2D eigenvalue weighted by atomic mass is 35.5. The van der Waals surface area contributed by atoms with E-state index in [-0.39, 0.29) is 43.9 Å². The molecule has 0 spiro atoms. The van der Waals surface area contributed by atoms with Crippen LogP contribution in [-0.4, -0.2) is 19.7 Å². The first-order valence-electron chi connectivity index (χ1n) is 4.61. The average molecular weight is 352 g/mol. The number of methoxy groups -OCH3 is 1. The number of benzene rings is 1. The van der Waals surface area contributed by atoms with Crippen LogP contribution in [-0.2, 0) is 9.53 Å². The number of carbonyl (C=O) groups excluding carboxylic acids is 1. The summed E-state index contributed by atoms with van der Waals surface area (Å²) in [4.78, 5) is 10.9. The van der Waals surface area contributed by atoms with Gasteiger partial charge in [0.15, 0.2) is 5.75 Å². The van der Waals surface area contributed by atoms with E-state index in [0.29, 0.717) is 0 Å². The number of esters is 1. The molecule has 18 heavy (non-hydrogen) atoms. The summed E-state index contributed by atoms with van der Waals surface area (Å²) in [6, 6.07) is 0. The van der Waals surface area contributed by atoms with Gasteiger partial charge in [-0.3, -0.25) is 4.79 Å². The third kappa shape index (κ3) is 3.49. The van der Waals surface area contributed by atoms with Gasteiger partial charge in [-0.1, -0.05) is 58.0 Å². The van der Waals surface area contributed by atoms with Crippen LogP contribution in [0.5, 0.6) is 5.75 Å². The van der Waals surface area contributed by atoms with Crippen LogP contribution in [0.25, 0.3) is 0 Å². The van der Waals surface area contributed by atoms with Gasteiger partial charge in [-0.25, -0.2) is 0 Å². The van der Waals surface area contributed by atoms with Gasteiger partial charge in [0, 0.05) is 0 Å². The highest BCUT2D eigenvalue weighted by Gasteiger charge is 2.20. The van der Waals surface area contributed by atoms with E-state index >= 15 is 0 Å². The first-order valence-corrected chi connectivity index (χ1v) is 6.50. The fraction of sp³-hybridized carbons (Fsp3) is 0.300. The van der Waals surface area contributed by atoms with Crippen molar-refractivity contribution in [3.63, 3.8) is 0 Å². The highest BCUT2D eigenvalue weighted by molar-refractivity contribution is 6.55. The molecule has 0 saturated heterocycles. The Labute approximate surface area is 129 Å². The first kappa shape index (κ1) is 16.0. The zero-order chi connectivity index (χ0) is 13.9. The molecule has 0 saturated carbocycles. The van der Waals surface area contributed by atoms with Gasteiger partial charge in [0.25, 0.3) is 0 Å². The molecule has 100 valence electrons. The molecular weight excluding hydrogens is 345 g/mol. The van der Waals surface area contributed by atoms with Crippen LogP contribution in [0.4, 0.5) is 0 Å². The number of halogens is 5. The summed E-state index contributed by atoms with van der Waals surface area (Å²) < 4.78 is 9.72. The Bertz CT molecular complexity index is 446. The summed E-state index contributed by atoms with van der Waals surface area (Å²) >= 11 is 29.4. The molecule has 0 aliphatic carbocycles. The van der Waals surface area contributed by atoms with E-state index in [2.05, 4.69) is 4.74 Å². The molecule has 1 aromatic carbocycles. The maximum Gasteiger partial charge on any atom is 0.308 e. The van der Waals surface area contributed by atoms with Crippen molar-refractivity contribution in [3.8, 4) is 5.75 Å². The number of hydrogen-bond donors (Lipinski definition) is 0. The Morgan fingerprint density at radius 2 is 1.39 bits per heavy atom. The van der Waals surface area contributed by atoms with Gasteiger partial charge in [0.1, 0.15) is 10.0 Å². The van der Waals surface area contributed by atoms with Crippen molar-refractivity contribution in [2.75, 3.05) is 13.7 Å². The highest BCUT2D eigenvalue weighted by Crippen LogP contribution is 2.48. The minimum atomic E-state index is -0.423. The summed E-state index contributed by atoms with van der Waals surface area (Å²) in [5.41, 5.74) is 0. The number of ether oxygens (including phenoxy) is 2. The van der Waals surface area contributed by atoms with Crippen molar-refractivity contribution in [2.24, 2.45) is 0 Å². The predicted molar refractivity (Wildman–Crippen MR) is 73.6 cm³/mol. The van der Waals surface area contributed by atoms with Crippen LogP contribution in [0.3, 0.4) is 0 Å². The summed E-state index contributed by atoms with van der Waals surface area (Å²) in [5.74, 6) is -0.338. The van der Waals surface area contributed by atoms with Crippen LogP contribution in [0, 0.1) is 0 Å². The standard InChI is InChI=1S/C10H7Cl5O3/c1-17-4(16)2-3-18-10-8(14)6(12)5(11)7(13)9(10)15/h2-3H2,1H3. The third-order valence-corrected chi connectivity index (χ3v) is 4.19. The van der Waals surface area contributed by atoms with Gasteiger partial charge in [0.05, 0.1) is 35.2 Å². The quantitative estimate of drug-likeness (QED) is 0.439. The SMILES string of the molecule is COC(=O)CCOc1c(Cl)c(Cl)c(Cl)c(Cl)c1Cl. The van der Waals surface area contributed by atoms with Gasteiger partial charge < -0.3 is 9.47 Å². The number of carbonyl (C=O) groups is 1. The van der Waals surface area contributed by atoms with E-state index in [1.54, 1.807) is 0 Å². The monoisotopic (exact) mass is 350 g/mol. The third-order valence-electron chi connectivity index (χ3n) is 1.95. The molecule has 0 aliphatic heterocycles. The molecule has 8 heteroatoms.